The number of hydrogen-bond acceptors (Lipinski definition) is 3. The molecule has 0 fully saturated rings. The molecular weight excluding hydrogens is 344 g/mol. The van der Waals surface area contributed by atoms with E-state index >= 15 is 0 Å². The molecule has 0 aliphatic heterocycles. The minimum Gasteiger partial charge on any atom is -0.368 e. The number of benzene rings is 1. The molecule has 20 heavy (non-hydrogen) atoms. The molecule has 2 atom stereocenters. The predicted molar refractivity (Wildman–Crippen MR) is 81.6 cm³/mol. The summed E-state index contributed by atoms with van der Waals surface area (Å²) in [4.78, 5) is 11.5. The summed E-state index contributed by atoms with van der Waals surface area (Å²) in [6, 6.07) is 3.98. The van der Waals surface area contributed by atoms with Crippen LogP contribution in [-0.4, -0.2) is 20.4 Å². The second-order valence-electron chi connectivity index (χ2n) is 4.82. The Labute approximate surface area is 128 Å². The lowest BCUT2D eigenvalue weighted by Crippen LogP contribution is -2.48. The van der Waals surface area contributed by atoms with Crippen molar-refractivity contribution in [1.82, 2.24) is 4.72 Å². The SMILES string of the molecule is CCC(C)C(NS(=O)(=O)c1ccc(C)cc1Br)C(N)=O. The Hall–Kier alpha value is -0.920. The fourth-order valence-corrected chi connectivity index (χ4v) is 4.25. The van der Waals surface area contributed by atoms with E-state index in [4.69, 9.17) is 5.73 Å². The smallest absolute Gasteiger partial charge is 0.242 e. The highest BCUT2D eigenvalue weighted by atomic mass is 79.9. The number of rotatable bonds is 6. The number of carbonyl (C=O) groups is 1. The number of aryl methyl sites for hydroxylation is 1. The van der Waals surface area contributed by atoms with Gasteiger partial charge in [0.25, 0.3) is 0 Å². The van der Waals surface area contributed by atoms with Crippen LogP contribution in [0.1, 0.15) is 25.8 Å². The zero-order chi connectivity index (χ0) is 15.5. The summed E-state index contributed by atoms with van der Waals surface area (Å²) >= 11 is 3.23. The standard InChI is InChI=1S/C13H19BrN2O3S/c1-4-9(3)12(13(15)17)16-20(18,19)11-6-5-8(2)7-10(11)14/h5-7,9,12,16H,4H2,1-3H3,(H2,15,17). The molecule has 0 aliphatic rings. The number of nitrogens with one attached hydrogen (secondary N) is 1. The number of nitrogens with two attached hydrogens (primary N) is 1. The molecule has 2 unspecified atom stereocenters. The highest BCUT2D eigenvalue weighted by molar-refractivity contribution is 9.10. The molecule has 0 aliphatic carbocycles. The summed E-state index contributed by atoms with van der Waals surface area (Å²) in [6.07, 6.45) is 0.644. The Bertz CT molecular complexity index is 602. The van der Waals surface area contributed by atoms with Crippen LogP contribution in [0.2, 0.25) is 0 Å². The highest BCUT2D eigenvalue weighted by Crippen LogP contribution is 2.23. The third-order valence-corrected chi connectivity index (χ3v) is 5.60. The summed E-state index contributed by atoms with van der Waals surface area (Å²) in [6.45, 7) is 5.51. The monoisotopic (exact) mass is 362 g/mol. The Morgan fingerprint density at radius 2 is 2.05 bits per heavy atom. The molecule has 0 radical (unpaired) electrons. The third kappa shape index (κ3) is 4.04. The van der Waals surface area contributed by atoms with Gasteiger partial charge in [0, 0.05) is 4.47 Å². The van der Waals surface area contributed by atoms with E-state index in [1.54, 1.807) is 19.1 Å². The van der Waals surface area contributed by atoms with Crippen LogP contribution in [0.5, 0.6) is 0 Å². The quantitative estimate of drug-likeness (QED) is 0.809. The molecule has 7 heteroatoms. The first kappa shape index (κ1) is 17.1. The van der Waals surface area contributed by atoms with Crippen LogP contribution in [0, 0.1) is 12.8 Å². The number of carbonyl (C=O) groups excluding carboxylic acids is 1. The van der Waals surface area contributed by atoms with Crippen molar-refractivity contribution < 1.29 is 13.2 Å². The van der Waals surface area contributed by atoms with Crippen LogP contribution in [0.15, 0.2) is 27.6 Å². The summed E-state index contributed by atoms with van der Waals surface area (Å²) in [5, 5.41) is 0. The first-order chi connectivity index (χ1) is 9.19. The van der Waals surface area contributed by atoms with Gasteiger partial charge in [-0.3, -0.25) is 4.79 Å². The van der Waals surface area contributed by atoms with Crippen LogP contribution in [0.25, 0.3) is 0 Å². The van der Waals surface area contributed by atoms with E-state index in [1.807, 2.05) is 13.8 Å². The van der Waals surface area contributed by atoms with Gasteiger partial charge in [-0.2, -0.15) is 4.72 Å². The van der Waals surface area contributed by atoms with Crippen LogP contribution < -0.4 is 10.5 Å². The summed E-state index contributed by atoms with van der Waals surface area (Å²) < 4.78 is 27.5. The normalized spacial score (nSPS) is 14.8. The minimum absolute atomic E-state index is 0.0950. The molecule has 112 valence electrons. The number of halogens is 1. The topological polar surface area (TPSA) is 89.3 Å². The lowest BCUT2D eigenvalue weighted by atomic mass is 10.00. The largest absolute Gasteiger partial charge is 0.368 e. The maximum atomic E-state index is 12.4. The maximum absolute atomic E-state index is 12.4. The van der Waals surface area contributed by atoms with E-state index in [1.165, 1.54) is 6.07 Å². The van der Waals surface area contributed by atoms with Gasteiger partial charge in [0.1, 0.15) is 6.04 Å². The van der Waals surface area contributed by atoms with E-state index in [9.17, 15) is 13.2 Å². The van der Waals surface area contributed by atoms with Crippen LogP contribution in [0.3, 0.4) is 0 Å². The van der Waals surface area contributed by atoms with Crippen LogP contribution in [0.4, 0.5) is 0 Å². The van der Waals surface area contributed by atoms with Gasteiger partial charge in [-0.15, -0.1) is 0 Å². The second-order valence-corrected chi connectivity index (χ2v) is 7.36. The van der Waals surface area contributed by atoms with E-state index in [0.29, 0.717) is 10.9 Å². The van der Waals surface area contributed by atoms with E-state index in [0.717, 1.165) is 5.56 Å². The van der Waals surface area contributed by atoms with Gasteiger partial charge in [-0.25, -0.2) is 8.42 Å². The minimum atomic E-state index is -3.80. The van der Waals surface area contributed by atoms with Crippen molar-refractivity contribution in [2.45, 2.75) is 38.1 Å². The molecule has 1 rings (SSSR count). The summed E-state index contributed by atoms with van der Waals surface area (Å²) in [5.74, 6) is -0.849. The Balaban J connectivity index is 3.13. The molecular formula is C13H19BrN2O3S. The van der Waals surface area contributed by atoms with E-state index < -0.39 is 22.0 Å². The molecule has 3 N–H and O–H groups in total. The third-order valence-electron chi connectivity index (χ3n) is 3.18. The van der Waals surface area contributed by atoms with Gasteiger partial charge in [-0.05, 0) is 46.5 Å². The average Bonchev–Trinajstić information content (AvgIpc) is 2.34. The summed E-state index contributed by atoms with van der Waals surface area (Å²) in [5.41, 5.74) is 6.22. The molecule has 0 bridgehead atoms. The fourth-order valence-electron chi connectivity index (χ4n) is 1.74. The second kappa shape index (κ2) is 6.69. The summed E-state index contributed by atoms with van der Waals surface area (Å²) in [7, 11) is -3.80. The van der Waals surface area contributed by atoms with Crippen LogP contribution >= 0.6 is 15.9 Å². The number of hydrogen-bond donors (Lipinski definition) is 2. The number of primary amides is 1. The van der Waals surface area contributed by atoms with E-state index in [2.05, 4.69) is 20.7 Å². The van der Waals surface area contributed by atoms with Gasteiger partial charge in [0.05, 0.1) is 4.90 Å². The van der Waals surface area contributed by atoms with Crippen LogP contribution in [-0.2, 0) is 14.8 Å². The fraction of sp³-hybridized carbons (Fsp3) is 0.462. The van der Waals surface area contributed by atoms with Gasteiger partial charge in [0.2, 0.25) is 15.9 Å². The van der Waals surface area contributed by atoms with Crippen molar-refractivity contribution in [1.29, 1.82) is 0 Å². The maximum Gasteiger partial charge on any atom is 0.242 e. The molecule has 0 heterocycles. The van der Waals surface area contributed by atoms with Crippen molar-refractivity contribution in [2.75, 3.05) is 0 Å². The average molecular weight is 363 g/mol. The van der Waals surface area contributed by atoms with Gasteiger partial charge < -0.3 is 5.73 Å². The number of sulfonamides is 1. The molecule has 1 aromatic rings. The van der Waals surface area contributed by atoms with Gasteiger partial charge in [-0.1, -0.05) is 26.3 Å². The molecule has 0 aromatic heterocycles. The predicted octanol–water partition coefficient (Wildman–Crippen LogP) is 1.94. The zero-order valence-corrected chi connectivity index (χ0v) is 14.1. The van der Waals surface area contributed by atoms with Gasteiger partial charge in [0.15, 0.2) is 0 Å². The Kier molecular flexibility index (Phi) is 5.73. The molecule has 1 aromatic carbocycles. The van der Waals surface area contributed by atoms with E-state index in [-0.39, 0.29) is 10.8 Å². The van der Waals surface area contributed by atoms with Crippen molar-refractivity contribution in [3.8, 4) is 0 Å². The van der Waals surface area contributed by atoms with Crippen molar-refractivity contribution in [3.05, 3.63) is 28.2 Å². The van der Waals surface area contributed by atoms with Crippen molar-refractivity contribution in [2.24, 2.45) is 11.7 Å². The first-order valence-electron chi connectivity index (χ1n) is 6.26. The van der Waals surface area contributed by atoms with Crippen molar-refractivity contribution >= 4 is 31.9 Å². The Morgan fingerprint density at radius 1 is 1.45 bits per heavy atom. The zero-order valence-electron chi connectivity index (χ0n) is 11.7. The molecule has 0 saturated heterocycles. The molecule has 0 saturated carbocycles. The Morgan fingerprint density at radius 3 is 2.50 bits per heavy atom. The lowest BCUT2D eigenvalue weighted by molar-refractivity contribution is -0.120. The first-order valence-corrected chi connectivity index (χ1v) is 8.54. The van der Waals surface area contributed by atoms with Crippen molar-refractivity contribution in [3.63, 3.8) is 0 Å². The van der Waals surface area contributed by atoms with Gasteiger partial charge >= 0.3 is 0 Å². The number of amides is 1. The highest BCUT2D eigenvalue weighted by Gasteiger charge is 2.28. The molecule has 5 nitrogen and oxygen atoms in total. The molecule has 0 spiro atoms. The molecule has 1 amide bonds. The lowest BCUT2D eigenvalue weighted by Gasteiger charge is -2.21.